The van der Waals surface area contributed by atoms with Crippen LogP contribution in [0.5, 0.6) is 0 Å². The van der Waals surface area contributed by atoms with E-state index in [1.807, 2.05) is 13.2 Å². The van der Waals surface area contributed by atoms with E-state index in [1.54, 1.807) is 6.92 Å². The summed E-state index contributed by atoms with van der Waals surface area (Å²) in [7, 11) is -0.0906. The predicted octanol–water partition coefficient (Wildman–Crippen LogP) is 1.32. The van der Waals surface area contributed by atoms with Crippen LogP contribution in [0.1, 0.15) is 26.7 Å². The van der Waals surface area contributed by atoms with Crippen molar-refractivity contribution >= 4 is 22.6 Å². The number of hydrogen-bond donors (Lipinski definition) is 1. The van der Waals surface area contributed by atoms with Crippen molar-refractivity contribution in [1.29, 1.82) is 0 Å². The van der Waals surface area contributed by atoms with Crippen LogP contribution < -0.4 is 0 Å². The number of carboxylic acids is 1. The molecule has 0 aliphatic rings. The molecule has 0 radical (unpaired) electrons. The Kier molecular flexibility index (Phi) is 6.62. The van der Waals surface area contributed by atoms with Crippen LogP contribution in [-0.4, -0.2) is 34.6 Å². The Labute approximate surface area is 88.2 Å². The summed E-state index contributed by atoms with van der Waals surface area (Å²) in [5, 5.41) is 8.56. The molecule has 0 aliphatic carbocycles. The fourth-order valence-electron chi connectivity index (χ4n) is 1.32. The second kappa shape index (κ2) is 6.87. The molecule has 0 aromatic rings. The van der Waals surface area contributed by atoms with E-state index in [4.69, 9.17) is 5.11 Å². The molecule has 0 fully saturated rings. The summed E-state index contributed by atoms with van der Waals surface area (Å²) in [5.74, 6) is 0.684. The third kappa shape index (κ3) is 6.02. The standard InChI is InChI=1S/C10H18O3S/c1-4-9(8(2)11)5-6-14(3)7-10(12)13/h9H,4-7H2,1-3H3/p+1. The minimum absolute atomic E-state index is 0.0906. The highest BCUT2D eigenvalue weighted by Gasteiger charge is 2.20. The molecule has 82 valence electrons. The highest BCUT2D eigenvalue weighted by Crippen LogP contribution is 2.11. The Balaban J connectivity index is 3.79. The van der Waals surface area contributed by atoms with Gasteiger partial charge in [-0.3, -0.25) is 4.79 Å². The first-order chi connectivity index (χ1) is 6.47. The lowest BCUT2D eigenvalue weighted by atomic mass is 10.00. The molecule has 1 N–H and O–H groups in total. The molecule has 0 spiro atoms. The maximum atomic E-state index is 11.1. The molecule has 0 saturated carbocycles. The number of ketones is 1. The molecule has 0 bridgehead atoms. The number of Topliss-reactive ketones (excluding diaryl/α,β-unsaturated/α-hetero) is 1. The number of carboxylic acid groups (broad SMARTS) is 1. The number of carbonyl (C=O) groups is 2. The molecular weight excluding hydrogens is 200 g/mol. The first-order valence-electron chi connectivity index (χ1n) is 4.78. The lowest BCUT2D eigenvalue weighted by Gasteiger charge is -2.09. The van der Waals surface area contributed by atoms with Crippen LogP contribution in [0, 0.1) is 5.92 Å². The lowest BCUT2D eigenvalue weighted by Crippen LogP contribution is -2.21. The van der Waals surface area contributed by atoms with Gasteiger partial charge in [0.1, 0.15) is 11.5 Å². The largest absolute Gasteiger partial charge is 0.478 e. The SMILES string of the molecule is CCC(CC[S+](C)CC(=O)O)C(C)=O. The Morgan fingerprint density at radius 2 is 2.00 bits per heavy atom. The van der Waals surface area contributed by atoms with E-state index in [2.05, 4.69) is 0 Å². The van der Waals surface area contributed by atoms with Crippen LogP contribution in [0.2, 0.25) is 0 Å². The molecule has 2 unspecified atom stereocenters. The van der Waals surface area contributed by atoms with Crippen molar-refractivity contribution in [2.45, 2.75) is 26.7 Å². The van der Waals surface area contributed by atoms with E-state index in [1.165, 1.54) is 0 Å². The quantitative estimate of drug-likeness (QED) is 0.657. The Hall–Kier alpha value is -0.510. The van der Waals surface area contributed by atoms with Gasteiger partial charge in [0.15, 0.2) is 0 Å². The van der Waals surface area contributed by atoms with Crippen molar-refractivity contribution < 1.29 is 14.7 Å². The maximum absolute atomic E-state index is 11.1. The van der Waals surface area contributed by atoms with Crippen LogP contribution in [0.15, 0.2) is 0 Å². The molecule has 0 aliphatic heterocycles. The molecule has 2 atom stereocenters. The van der Waals surface area contributed by atoms with E-state index in [-0.39, 0.29) is 28.3 Å². The van der Waals surface area contributed by atoms with Crippen LogP contribution in [0.3, 0.4) is 0 Å². The number of rotatable bonds is 7. The molecule has 0 saturated heterocycles. The van der Waals surface area contributed by atoms with Gasteiger partial charge in [0.25, 0.3) is 0 Å². The predicted molar refractivity (Wildman–Crippen MR) is 59.7 cm³/mol. The molecule has 0 heterocycles. The fraction of sp³-hybridized carbons (Fsp3) is 0.800. The van der Waals surface area contributed by atoms with Crippen molar-refractivity contribution in [3.05, 3.63) is 0 Å². The summed E-state index contributed by atoms with van der Waals surface area (Å²) >= 11 is 0. The number of carbonyl (C=O) groups excluding carboxylic acids is 1. The van der Waals surface area contributed by atoms with E-state index in [0.717, 1.165) is 18.6 Å². The Morgan fingerprint density at radius 3 is 2.36 bits per heavy atom. The van der Waals surface area contributed by atoms with Gasteiger partial charge in [0.05, 0.1) is 6.26 Å². The third-order valence-electron chi connectivity index (χ3n) is 2.25. The van der Waals surface area contributed by atoms with Crippen molar-refractivity contribution in [2.24, 2.45) is 5.92 Å². The summed E-state index contributed by atoms with van der Waals surface area (Å²) in [6.45, 7) is 3.61. The summed E-state index contributed by atoms with van der Waals surface area (Å²) in [6, 6.07) is 0. The number of aliphatic carboxylic acids is 1. The average molecular weight is 219 g/mol. The molecule has 0 aromatic heterocycles. The van der Waals surface area contributed by atoms with Gasteiger partial charge in [0, 0.05) is 12.3 Å². The van der Waals surface area contributed by atoms with E-state index in [9.17, 15) is 9.59 Å². The number of hydrogen-bond acceptors (Lipinski definition) is 2. The second-order valence-electron chi connectivity index (χ2n) is 3.53. The zero-order valence-electron chi connectivity index (χ0n) is 9.08. The minimum atomic E-state index is -0.744. The smallest absolute Gasteiger partial charge is 0.353 e. The van der Waals surface area contributed by atoms with E-state index < -0.39 is 5.97 Å². The minimum Gasteiger partial charge on any atom is -0.478 e. The van der Waals surface area contributed by atoms with Crippen molar-refractivity contribution in [3.63, 3.8) is 0 Å². The second-order valence-corrected chi connectivity index (χ2v) is 5.79. The monoisotopic (exact) mass is 219 g/mol. The fourth-order valence-corrected chi connectivity index (χ4v) is 2.57. The molecule has 4 heteroatoms. The third-order valence-corrected chi connectivity index (χ3v) is 3.92. The lowest BCUT2D eigenvalue weighted by molar-refractivity contribution is -0.134. The highest BCUT2D eigenvalue weighted by molar-refractivity contribution is 7.96. The van der Waals surface area contributed by atoms with Gasteiger partial charge in [-0.25, -0.2) is 4.79 Å². The van der Waals surface area contributed by atoms with Crippen molar-refractivity contribution in [3.8, 4) is 0 Å². The van der Waals surface area contributed by atoms with Gasteiger partial charge in [0.2, 0.25) is 5.75 Å². The first kappa shape index (κ1) is 13.5. The van der Waals surface area contributed by atoms with Crippen molar-refractivity contribution in [2.75, 3.05) is 17.8 Å². The summed E-state index contributed by atoms with van der Waals surface area (Å²) in [6.07, 6.45) is 3.64. The molecule has 0 amide bonds. The molecule has 0 aromatic carbocycles. The molecule has 3 nitrogen and oxygen atoms in total. The topological polar surface area (TPSA) is 54.4 Å². The van der Waals surface area contributed by atoms with Gasteiger partial charge in [-0.05, 0) is 24.2 Å². The zero-order chi connectivity index (χ0) is 11.1. The van der Waals surface area contributed by atoms with Gasteiger partial charge >= 0.3 is 5.97 Å². The van der Waals surface area contributed by atoms with Gasteiger partial charge in [-0.2, -0.15) is 0 Å². The van der Waals surface area contributed by atoms with Gasteiger partial charge in [-0.15, -0.1) is 0 Å². The molecule has 0 rings (SSSR count). The Morgan fingerprint density at radius 1 is 1.43 bits per heavy atom. The first-order valence-corrected chi connectivity index (χ1v) is 6.75. The zero-order valence-corrected chi connectivity index (χ0v) is 9.89. The summed E-state index contributed by atoms with van der Waals surface area (Å²) in [5.41, 5.74) is 0. The summed E-state index contributed by atoms with van der Waals surface area (Å²) in [4.78, 5) is 21.5. The average Bonchev–Trinajstić information content (AvgIpc) is 2.03. The van der Waals surface area contributed by atoms with Crippen LogP contribution >= 0.6 is 0 Å². The van der Waals surface area contributed by atoms with E-state index >= 15 is 0 Å². The van der Waals surface area contributed by atoms with E-state index in [0.29, 0.717) is 0 Å². The van der Waals surface area contributed by atoms with Crippen LogP contribution in [0.25, 0.3) is 0 Å². The van der Waals surface area contributed by atoms with Gasteiger partial charge in [-0.1, -0.05) is 6.92 Å². The summed E-state index contributed by atoms with van der Waals surface area (Å²) < 4.78 is 0. The van der Waals surface area contributed by atoms with Crippen LogP contribution in [-0.2, 0) is 20.5 Å². The maximum Gasteiger partial charge on any atom is 0.353 e. The molecular formula is C10H19O3S+. The van der Waals surface area contributed by atoms with Gasteiger partial charge < -0.3 is 5.11 Å². The Bertz CT molecular complexity index is 204. The van der Waals surface area contributed by atoms with Crippen molar-refractivity contribution in [1.82, 2.24) is 0 Å². The highest BCUT2D eigenvalue weighted by atomic mass is 32.2. The molecule has 14 heavy (non-hydrogen) atoms. The van der Waals surface area contributed by atoms with Crippen LogP contribution in [0.4, 0.5) is 0 Å². The normalized spacial score (nSPS) is 14.8.